The number of H-pyrrole nitrogens is 1. The second-order valence-electron chi connectivity index (χ2n) is 8.07. The molecule has 0 bridgehead atoms. The summed E-state index contributed by atoms with van der Waals surface area (Å²) < 4.78 is 34.5. The van der Waals surface area contributed by atoms with Crippen LogP contribution in [0.2, 0.25) is 0 Å². The van der Waals surface area contributed by atoms with E-state index in [1.807, 2.05) is 24.3 Å². The number of ether oxygens (including phenoxy) is 1. The molecule has 1 aromatic heterocycles. The molecule has 3 heterocycles. The van der Waals surface area contributed by atoms with Crippen molar-refractivity contribution in [2.45, 2.75) is 31.7 Å². The Morgan fingerprint density at radius 3 is 2.93 bits per heavy atom. The number of alkyl halides is 2. The first-order chi connectivity index (χ1) is 13.4. The zero-order valence-corrected chi connectivity index (χ0v) is 16.1. The van der Waals surface area contributed by atoms with Gasteiger partial charge >= 0.3 is 0 Å². The number of fused-ring (bicyclic) bond motifs is 1. The lowest BCUT2D eigenvalue weighted by Crippen LogP contribution is -2.61. The van der Waals surface area contributed by atoms with Gasteiger partial charge in [0.05, 0.1) is 29.8 Å². The first-order valence-corrected chi connectivity index (χ1v) is 9.73. The summed E-state index contributed by atoms with van der Waals surface area (Å²) in [4.78, 5) is 16.5. The smallest absolute Gasteiger partial charge is 0.261 e. The average molecular weight is 392 g/mol. The zero-order valence-electron chi connectivity index (χ0n) is 16.1. The Morgan fingerprint density at radius 2 is 2.11 bits per heavy atom. The molecule has 0 radical (unpaired) electrons. The van der Waals surface area contributed by atoms with Crippen molar-refractivity contribution in [1.82, 2.24) is 20.0 Å². The molecule has 152 valence electrons. The molecule has 1 unspecified atom stereocenters. The number of aromatic amines is 1. The summed E-state index contributed by atoms with van der Waals surface area (Å²) in [7, 11) is 1.58. The van der Waals surface area contributed by atoms with E-state index in [1.54, 1.807) is 16.9 Å². The van der Waals surface area contributed by atoms with Crippen LogP contribution >= 0.6 is 0 Å². The zero-order chi connectivity index (χ0) is 19.8. The molecule has 0 aliphatic carbocycles. The van der Waals surface area contributed by atoms with Crippen LogP contribution in [0.15, 0.2) is 24.3 Å². The number of likely N-dealkylation sites (tertiary alicyclic amines) is 2. The minimum Gasteiger partial charge on any atom is -0.383 e. The minimum absolute atomic E-state index is 0.158. The molecule has 2 aliphatic heterocycles. The third-order valence-corrected chi connectivity index (χ3v) is 5.89. The summed E-state index contributed by atoms with van der Waals surface area (Å²) in [5.41, 5.74) is 0.599. The van der Waals surface area contributed by atoms with E-state index >= 15 is 0 Å². The van der Waals surface area contributed by atoms with Crippen molar-refractivity contribution in [1.29, 1.82) is 0 Å². The number of nitrogens with zero attached hydrogens (tertiary/aromatic N) is 3. The molecule has 1 amide bonds. The second-order valence-corrected chi connectivity index (χ2v) is 8.07. The maximum absolute atomic E-state index is 14.7. The molecule has 1 spiro atoms. The van der Waals surface area contributed by atoms with Crippen LogP contribution < -0.4 is 0 Å². The number of aromatic nitrogens is 2. The standard InChI is InChI=1S/C20H26F2N4O2/c1-28-10-9-26-8-4-7-19(18(26)27)12-20(21,22)14-25(13-19)11-17-15-5-2-3-6-16(15)23-24-17/h2-3,5-6H,4,7-14H2,1H3,(H,23,24). The number of piperidine rings is 2. The summed E-state index contributed by atoms with van der Waals surface area (Å²) in [6.07, 6.45) is 0.875. The van der Waals surface area contributed by atoms with Crippen LogP contribution in [-0.2, 0) is 16.1 Å². The molecule has 28 heavy (non-hydrogen) atoms. The highest BCUT2D eigenvalue weighted by molar-refractivity contribution is 5.84. The monoisotopic (exact) mass is 392 g/mol. The first-order valence-electron chi connectivity index (χ1n) is 9.73. The number of carbonyl (C=O) groups excluding carboxylic acids is 1. The van der Waals surface area contributed by atoms with Gasteiger partial charge in [0.2, 0.25) is 5.91 Å². The third kappa shape index (κ3) is 3.63. The lowest BCUT2D eigenvalue weighted by atomic mass is 9.71. The van der Waals surface area contributed by atoms with Gasteiger partial charge < -0.3 is 9.64 Å². The Kier molecular flexibility index (Phi) is 5.09. The van der Waals surface area contributed by atoms with Crippen molar-refractivity contribution in [3.8, 4) is 0 Å². The summed E-state index contributed by atoms with van der Waals surface area (Å²) >= 11 is 0. The quantitative estimate of drug-likeness (QED) is 0.850. The molecule has 1 aromatic carbocycles. The van der Waals surface area contributed by atoms with Gasteiger partial charge in [-0.15, -0.1) is 0 Å². The van der Waals surface area contributed by atoms with Crippen LogP contribution in [0.3, 0.4) is 0 Å². The van der Waals surface area contributed by atoms with Gasteiger partial charge in [-0.2, -0.15) is 5.10 Å². The minimum atomic E-state index is -2.89. The number of hydrogen-bond donors (Lipinski definition) is 1. The van der Waals surface area contributed by atoms with Crippen molar-refractivity contribution < 1.29 is 18.3 Å². The summed E-state index contributed by atoms with van der Waals surface area (Å²) in [5, 5.41) is 8.17. The summed E-state index contributed by atoms with van der Waals surface area (Å²) in [6, 6.07) is 7.63. The van der Waals surface area contributed by atoms with Crippen LogP contribution in [0.1, 0.15) is 25.0 Å². The molecule has 6 nitrogen and oxygen atoms in total. The Bertz CT molecular complexity index is 856. The Labute approximate surface area is 162 Å². The van der Waals surface area contributed by atoms with E-state index in [4.69, 9.17) is 4.74 Å². The molecule has 2 aromatic rings. The molecule has 1 atom stereocenters. The molecular weight excluding hydrogens is 366 g/mol. The number of halogens is 2. The summed E-state index contributed by atoms with van der Waals surface area (Å²) in [5.74, 6) is -3.05. The van der Waals surface area contributed by atoms with Crippen LogP contribution in [0, 0.1) is 5.41 Å². The van der Waals surface area contributed by atoms with Crippen molar-refractivity contribution in [3.05, 3.63) is 30.0 Å². The number of carbonyl (C=O) groups is 1. The van der Waals surface area contributed by atoms with E-state index in [0.29, 0.717) is 39.2 Å². The van der Waals surface area contributed by atoms with Crippen molar-refractivity contribution in [3.63, 3.8) is 0 Å². The van der Waals surface area contributed by atoms with Gasteiger partial charge in [0.15, 0.2) is 0 Å². The van der Waals surface area contributed by atoms with Crippen LogP contribution in [0.25, 0.3) is 10.9 Å². The van der Waals surface area contributed by atoms with E-state index in [2.05, 4.69) is 10.2 Å². The number of nitrogens with one attached hydrogen (secondary N) is 1. The second kappa shape index (κ2) is 7.40. The van der Waals surface area contributed by atoms with Gasteiger partial charge in [0.1, 0.15) is 0 Å². The molecule has 8 heteroatoms. The van der Waals surface area contributed by atoms with Crippen molar-refractivity contribution in [2.75, 3.05) is 39.9 Å². The average Bonchev–Trinajstić information content (AvgIpc) is 3.05. The molecule has 2 aliphatic rings. The first kappa shape index (κ1) is 19.3. The van der Waals surface area contributed by atoms with E-state index in [9.17, 15) is 13.6 Å². The van der Waals surface area contributed by atoms with E-state index in [-0.39, 0.29) is 18.9 Å². The van der Waals surface area contributed by atoms with Crippen LogP contribution in [-0.4, -0.2) is 71.7 Å². The molecule has 0 saturated carbocycles. The number of rotatable bonds is 5. The predicted molar refractivity (Wildman–Crippen MR) is 101 cm³/mol. The van der Waals surface area contributed by atoms with Crippen molar-refractivity contribution in [2.24, 2.45) is 5.41 Å². The van der Waals surface area contributed by atoms with Crippen molar-refractivity contribution >= 4 is 16.8 Å². The van der Waals surface area contributed by atoms with Gasteiger partial charge in [0.25, 0.3) is 5.92 Å². The fraction of sp³-hybridized carbons (Fsp3) is 0.600. The number of amides is 1. The lowest BCUT2D eigenvalue weighted by Gasteiger charge is -2.49. The highest BCUT2D eigenvalue weighted by atomic mass is 19.3. The van der Waals surface area contributed by atoms with Gasteiger partial charge in [-0.3, -0.25) is 14.8 Å². The topological polar surface area (TPSA) is 61.5 Å². The lowest BCUT2D eigenvalue weighted by molar-refractivity contribution is -0.170. The van der Waals surface area contributed by atoms with Crippen LogP contribution in [0.5, 0.6) is 0 Å². The molecule has 2 saturated heterocycles. The fourth-order valence-corrected chi connectivity index (χ4v) is 4.77. The van der Waals surface area contributed by atoms with Gasteiger partial charge in [0, 0.05) is 45.1 Å². The normalized spacial score (nSPS) is 25.7. The number of para-hydroxylation sites is 1. The SMILES string of the molecule is COCCN1CCCC2(CN(Cc3[nH]nc4ccccc34)CC(F)(F)C2)C1=O. The number of benzene rings is 1. The van der Waals surface area contributed by atoms with E-state index in [1.165, 1.54) is 0 Å². The maximum Gasteiger partial charge on any atom is 0.261 e. The van der Waals surface area contributed by atoms with E-state index in [0.717, 1.165) is 23.0 Å². The predicted octanol–water partition coefficient (Wildman–Crippen LogP) is 2.66. The largest absolute Gasteiger partial charge is 0.383 e. The maximum atomic E-state index is 14.7. The van der Waals surface area contributed by atoms with E-state index < -0.39 is 11.3 Å². The number of hydrogen-bond acceptors (Lipinski definition) is 4. The Morgan fingerprint density at radius 1 is 1.29 bits per heavy atom. The van der Waals surface area contributed by atoms with Gasteiger partial charge in [-0.05, 0) is 18.9 Å². The Hall–Kier alpha value is -2.06. The number of methoxy groups -OCH3 is 1. The Balaban J connectivity index is 1.57. The highest BCUT2D eigenvalue weighted by Gasteiger charge is 2.55. The molecule has 2 fully saturated rings. The highest BCUT2D eigenvalue weighted by Crippen LogP contribution is 2.45. The molecule has 4 rings (SSSR count). The fourth-order valence-electron chi connectivity index (χ4n) is 4.77. The molecular formula is C20H26F2N4O2. The van der Waals surface area contributed by atoms with Crippen LogP contribution in [0.4, 0.5) is 8.78 Å². The summed E-state index contributed by atoms with van der Waals surface area (Å²) in [6.45, 7) is 1.81. The van der Waals surface area contributed by atoms with Gasteiger partial charge in [-0.1, -0.05) is 18.2 Å². The van der Waals surface area contributed by atoms with Gasteiger partial charge in [-0.25, -0.2) is 8.78 Å². The third-order valence-electron chi connectivity index (χ3n) is 5.89. The molecule has 1 N–H and O–H groups in total.